The summed E-state index contributed by atoms with van der Waals surface area (Å²) in [5.74, 6) is 2.77. The minimum absolute atomic E-state index is 0.122. The highest BCUT2D eigenvalue weighted by Gasteiger charge is 2.20. The zero-order chi connectivity index (χ0) is 20.7. The van der Waals surface area contributed by atoms with Crippen LogP contribution in [-0.2, 0) is 0 Å². The van der Waals surface area contributed by atoms with Gasteiger partial charge in [-0.3, -0.25) is 4.79 Å². The molecule has 0 saturated carbocycles. The lowest BCUT2D eigenvalue weighted by Crippen LogP contribution is -2.30. The highest BCUT2D eigenvalue weighted by molar-refractivity contribution is 5.95. The molecule has 1 amide bonds. The maximum atomic E-state index is 12.7. The number of ether oxygens (including phenoxy) is 4. The van der Waals surface area contributed by atoms with E-state index in [0.717, 1.165) is 5.56 Å². The van der Waals surface area contributed by atoms with Gasteiger partial charge in [-0.05, 0) is 35.7 Å². The van der Waals surface area contributed by atoms with Gasteiger partial charge in [0.25, 0.3) is 5.91 Å². The predicted molar refractivity (Wildman–Crippen MR) is 109 cm³/mol. The number of rotatable bonds is 9. The molecule has 0 aromatic heterocycles. The minimum Gasteiger partial charge on any atom is -0.497 e. The van der Waals surface area contributed by atoms with Crippen LogP contribution < -0.4 is 24.3 Å². The van der Waals surface area contributed by atoms with E-state index in [0.29, 0.717) is 41.0 Å². The van der Waals surface area contributed by atoms with Gasteiger partial charge in [0, 0.05) is 24.1 Å². The largest absolute Gasteiger partial charge is 0.497 e. The van der Waals surface area contributed by atoms with Gasteiger partial charge in [-0.15, -0.1) is 0 Å². The Morgan fingerprint density at radius 3 is 1.96 bits per heavy atom. The van der Waals surface area contributed by atoms with Crippen molar-refractivity contribution in [2.75, 3.05) is 35.0 Å². The third-order valence-corrected chi connectivity index (χ3v) is 4.74. The van der Waals surface area contributed by atoms with E-state index in [9.17, 15) is 4.79 Å². The summed E-state index contributed by atoms with van der Waals surface area (Å²) in [6, 6.07) is 11.0. The van der Waals surface area contributed by atoms with Crippen LogP contribution in [0.2, 0.25) is 0 Å². The van der Waals surface area contributed by atoms with Crippen molar-refractivity contribution in [2.24, 2.45) is 5.92 Å². The summed E-state index contributed by atoms with van der Waals surface area (Å²) in [6.45, 7) is 4.75. The minimum atomic E-state index is -0.177. The number of benzene rings is 2. The van der Waals surface area contributed by atoms with Crippen molar-refractivity contribution < 1.29 is 23.7 Å². The zero-order valence-corrected chi connectivity index (χ0v) is 17.4. The average Bonchev–Trinajstić information content (AvgIpc) is 2.72. The second-order valence-electron chi connectivity index (χ2n) is 6.78. The SMILES string of the molecule is COc1cc(OC)cc(C(=O)NCC(c2ccc(OC)c(OC)c2)C(C)C)c1. The van der Waals surface area contributed by atoms with Crippen LogP contribution in [0, 0.1) is 5.92 Å². The topological polar surface area (TPSA) is 66.0 Å². The molecule has 2 rings (SSSR count). The van der Waals surface area contributed by atoms with Crippen LogP contribution in [0.5, 0.6) is 23.0 Å². The number of nitrogens with one attached hydrogen (secondary N) is 1. The first-order valence-electron chi connectivity index (χ1n) is 9.16. The maximum absolute atomic E-state index is 12.7. The van der Waals surface area contributed by atoms with Crippen LogP contribution in [-0.4, -0.2) is 40.9 Å². The lowest BCUT2D eigenvalue weighted by atomic mass is 9.88. The third-order valence-electron chi connectivity index (χ3n) is 4.74. The Morgan fingerprint density at radius 2 is 1.46 bits per heavy atom. The molecule has 2 aromatic carbocycles. The van der Waals surface area contributed by atoms with E-state index in [-0.39, 0.29) is 11.8 Å². The van der Waals surface area contributed by atoms with Crippen molar-refractivity contribution in [2.45, 2.75) is 19.8 Å². The molecular weight excluding hydrogens is 358 g/mol. The number of hydrogen-bond acceptors (Lipinski definition) is 5. The Kier molecular flexibility index (Phi) is 7.55. The van der Waals surface area contributed by atoms with Crippen LogP contribution >= 0.6 is 0 Å². The van der Waals surface area contributed by atoms with E-state index in [1.165, 1.54) is 0 Å². The standard InChI is InChI=1S/C22H29NO5/c1-14(2)19(15-7-8-20(27-5)21(11-15)28-6)13-23-22(24)16-9-17(25-3)12-18(10-16)26-4/h7-12,14,19H,13H2,1-6H3,(H,23,24). The van der Waals surface area contributed by atoms with Crippen molar-refractivity contribution in [1.82, 2.24) is 5.32 Å². The molecule has 152 valence electrons. The summed E-state index contributed by atoms with van der Waals surface area (Å²) in [5.41, 5.74) is 1.57. The Morgan fingerprint density at radius 1 is 0.857 bits per heavy atom. The smallest absolute Gasteiger partial charge is 0.251 e. The number of methoxy groups -OCH3 is 4. The van der Waals surface area contributed by atoms with Crippen LogP contribution in [0.25, 0.3) is 0 Å². The molecule has 1 atom stereocenters. The summed E-state index contributed by atoms with van der Waals surface area (Å²) in [7, 11) is 6.34. The lowest BCUT2D eigenvalue weighted by Gasteiger charge is -2.23. The molecule has 0 heterocycles. The third kappa shape index (κ3) is 5.09. The zero-order valence-electron chi connectivity index (χ0n) is 17.4. The van der Waals surface area contributed by atoms with Crippen LogP contribution in [0.4, 0.5) is 0 Å². The molecule has 0 spiro atoms. The summed E-state index contributed by atoms with van der Waals surface area (Å²) in [6.07, 6.45) is 0. The van der Waals surface area contributed by atoms with Crippen molar-refractivity contribution in [3.05, 3.63) is 47.5 Å². The molecule has 1 N–H and O–H groups in total. The summed E-state index contributed by atoms with van der Waals surface area (Å²) in [4.78, 5) is 12.7. The molecule has 2 aromatic rings. The van der Waals surface area contributed by atoms with E-state index in [4.69, 9.17) is 18.9 Å². The van der Waals surface area contributed by atoms with Gasteiger partial charge in [-0.1, -0.05) is 19.9 Å². The first-order valence-corrected chi connectivity index (χ1v) is 9.16. The lowest BCUT2D eigenvalue weighted by molar-refractivity contribution is 0.0948. The monoisotopic (exact) mass is 387 g/mol. The fourth-order valence-electron chi connectivity index (χ4n) is 3.07. The fraction of sp³-hybridized carbons (Fsp3) is 0.409. The normalized spacial score (nSPS) is 11.7. The molecule has 0 aliphatic heterocycles. The van der Waals surface area contributed by atoms with Crippen molar-refractivity contribution in [3.63, 3.8) is 0 Å². The molecule has 0 aliphatic rings. The van der Waals surface area contributed by atoms with Gasteiger partial charge < -0.3 is 24.3 Å². The van der Waals surface area contributed by atoms with E-state index in [1.54, 1.807) is 46.6 Å². The summed E-state index contributed by atoms with van der Waals surface area (Å²) < 4.78 is 21.2. The molecule has 0 fully saturated rings. The highest BCUT2D eigenvalue weighted by Crippen LogP contribution is 2.33. The highest BCUT2D eigenvalue weighted by atomic mass is 16.5. The molecule has 28 heavy (non-hydrogen) atoms. The number of carbonyl (C=O) groups excluding carboxylic acids is 1. The summed E-state index contributed by atoms with van der Waals surface area (Å²) in [5, 5.41) is 3.03. The molecule has 0 radical (unpaired) electrons. The Bertz CT molecular complexity index is 781. The van der Waals surface area contributed by atoms with E-state index in [1.807, 2.05) is 18.2 Å². The second kappa shape index (κ2) is 9.88. The van der Waals surface area contributed by atoms with Gasteiger partial charge in [-0.25, -0.2) is 0 Å². The van der Waals surface area contributed by atoms with Crippen molar-refractivity contribution >= 4 is 5.91 Å². The first kappa shape index (κ1) is 21.4. The van der Waals surface area contributed by atoms with Crippen molar-refractivity contribution in [1.29, 1.82) is 0 Å². The van der Waals surface area contributed by atoms with Gasteiger partial charge in [0.05, 0.1) is 28.4 Å². The van der Waals surface area contributed by atoms with E-state index >= 15 is 0 Å². The average molecular weight is 387 g/mol. The molecule has 1 unspecified atom stereocenters. The van der Waals surface area contributed by atoms with Crippen LogP contribution in [0.15, 0.2) is 36.4 Å². The Hall–Kier alpha value is -2.89. The second-order valence-corrected chi connectivity index (χ2v) is 6.78. The van der Waals surface area contributed by atoms with E-state index in [2.05, 4.69) is 19.2 Å². The fourth-order valence-corrected chi connectivity index (χ4v) is 3.07. The number of amides is 1. The van der Waals surface area contributed by atoms with E-state index < -0.39 is 0 Å². The molecule has 6 nitrogen and oxygen atoms in total. The molecule has 0 saturated heterocycles. The maximum Gasteiger partial charge on any atom is 0.251 e. The Labute approximate surface area is 166 Å². The van der Waals surface area contributed by atoms with Gasteiger partial charge in [0.1, 0.15) is 11.5 Å². The van der Waals surface area contributed by atoms with Gasteiger partial charge in [0.15, 0.2) is 11.5 Å². The molecule has 6 heteroatoms. The predicted octanol–water partition coefficient (Wildman–Crippen LogP) is 3.89. The Balaban J connectivity index is 2.19. The first-order chi connectivity index (χ1) is 13.4. The summed E-state index contributed by atoms with van der Waals surface area (Å²) >= 11 is 0. The quantitative estimate of drug-likeness (QED) is 0.707. The molecular formula is C22H29NO5. The van der Waals surface area contributed by atoms with Crippen molar-refractivity contribution in [3.8, 4) is 23.0 Å². The van der Waals surface area contributed by atoms with Crippen LogP contribution in [0.1, 0.15) is 35.7 Å². The number of carbonyl (C=O) groups is 1. The van der Waals surface area contributed by atoms with Gasteiger partial charge >= 0.3 is 0 Å². The number of hydrogen-bond donors (Lipinski definition) is 1. The van der Waals surface area contributed by atoms with Gasteiger partial charge in [0.2, 0.25) is 0 Å². The molecule has 0 bridgehead atoms. The van der Waals surface area contributed by atoms with Gasteiger partial charge in [-0.2, -0.15) is 0 Å². The molecule has 0 aliphatic carbocycles. The van der Waals surface area contributed by atoms with Crippen LogP contribution in [0.3, 0.4) is 0 Å².